The molecule has 3 rings (SSSR count). The molecule has 1 aromatic carbocycles. The fraction of sp³-hybridized carbons (Fsp3) is 0.158. The van der Waals surface area contributed by atoms with Crippen molar-refractivity contribution in [2.45, 2.75) is 20.4 Å². The van der Waals surface area contributed by atoms with Gasteiger partial charge in [0.05, 0.1) is 28.3 Å². The molecule has 1 N–H and O–H groups in total. The predicted molar refractivity (Wildman–Crippen MR) is 105 cm³/mol. The van der Waals surface area contributed by atoms with Crippen LogP contribution in [0.4, 0.5) is 0 Å². The highest BCUT2D eigenvalue weighted by molar-refractivity contribution is 9.10. The second kappa shape index (κ2) is 8.66. The molecule has 2 aromatic heterocycles. The number of aryl methyl sites for hydroxylation is 1. The van der Waals surface area contributed by atoms with E-state index >= 15 is 0 Å². The molecule has 3 aromatic rings. The summed E-state index contributed by atoms with van der Waals surface area (Å²) in [5.41, 5.74) is 4.88. The zero-order chi connectivity index (χ0) is 20.1. The summed E-state index contributed by atoms with van der Waals surface area (Å²) in [6.07, 6.45) is 2.89. The number of esters is 1. The van der Waals surface area contributed by atoms with E-state index in [9.17, 15) is 9.59 Å². The topological polar surface area (TPSA) is 98.7 Å². The molecule has 0 aliphatic heterocycles. The minimum Gasteiger partial charge on any atom is -0.457 e. The summed E-state index contributed by atoms with van der Waals surface area (Å²) >= 11 is 3.42. The third-order valence-electron chi connectivity index (χ3n) is 3.80. The molecule has 144 valence electrons. The quantitative estimate of drug-likeness (QED) is 0.272. The molecular weight excluding hydrogens is 428 g/mol. The Labute approximate surface area is 169 Å². The Morgan fingerprint density at radius 1 is 1.29 bits per heavy atom. The number of carbonyl (C=O) groups excluding carboxylic acids is 2. The minimum atomic E-state index is -0.575. The van der Waals surface area contributed by atoms with Crippen molar-refractivity contribution in [3.05, 3.63) is 69.8 Å². The molecule has 0 unspecified atom stereocenters. The molecule has 2 heterocycles. The first kappa shape index (κ1) is 19.6. The summed E-state index contributed by atoms with van der Waals surface area (Å²) < 4.78 is 12.7. The van der Waals surface area contributed by atoms with Gasteiger partial charge in [0, 0.05) is 0 Å². The third-order valence-corrected chi connectivity index (χ3v) is 4.95. The number of hydrazone groups is 1. The van der Waals surface area contributed by atoms with Gasteiger partial charge < -0.3 is 9.15 Å². The van der Waals surface area contributed by atoms with Gasteiger partial charge >= 0.3 is 5.97 Å². The van der Waals surface area contributed by atoms with Crippen LogP contribution >= 0.6 is 15.9 Å². The number of carbonyl (C=O) groups is 2. The Morgan fingerprint density at radius 2 is 2.04 bits per heavy atom. The van der Waals surface area contributed by atoms with Gasteiger partial charge in [0.25, 0.3) is 5.91 Å². The van der Waals surface area contributed by atoms with Crippen LogP contribution in [0.25, 0.3) is 0 Å². The van der Waals surface area contributed by atoms with E-state index in [0.29, 0.717) is 5.75 Å². The van der Waals surface area contributed by atoms with Crippen LogP contribution in [0.3, 0.4) is 0 Å². The van der Waals surface area contributed by atoms with Crippen molar-refractivity contribution in [2.75, 3.05) is 0 Å². The normalized spacial score (nSPS) is 11.0. The van der Waals surface area contributed by atoms with Crippen LogP contribution in [0.15, 0.2) is 56.7 Å². The van der Waals surface area contributed by atoms with E-state index in [-0.39, 0.29) is 18.2 Å². The number of amides is 1. The van der Waals surface area contributed by atoms with Gasteiger partial charge in [-0.1, -0.05) is 0 Å². The SMILES string of the molecule is Cc1nn(CC(=O)NN=Cc2ccc(OC(=O)c3ccco3)cc2)c(C)c1Br. The highest BCUT2D eigenvalue weighted by Gasteiger charge is 2.12. The third kappa shape index (κ3) is 4.74. The Bertz CT molecular complexity index is 1010. The van der Waals surface area contributed by atoms with Crippen molar-refractivity contribution in [1.29, 1.82) is 0 Å². The van der Waals surface area contributed by atoms with E-state index in [1.54, 1.807) is 35.0 Å². The zero-order valence-corrected chi connectivity index (χ0v) is 16.8. The highest BCUT2D eigenvalue weighted by Crippen LogP contribution is 2.19. The molecule has 0 aliphatic rings. The van der Waals surface area contributed by atoms with Crippen LogP contribution in [0.5, 0.6) is 5.75 Å². The van der Waals surface area contributed by atoms with Crippen LogP contribution in [0.1, 0.15) is 27.5 Å². The standard InChI is InChI=1S/C19H17BrN4O4/c1-12-18(20)13(2)24(23-12)11-17(25)22-21-10-14-5-7-15(8-6-14)28-19(26)16-4-3-9-27-16/h3-10H,11H2,1-2H3,(H,22,25). The Kier molecular flexibility index (Phi) is 6.05. The van der Waals surface area contributed by atoms with Crippen molar-refractivity contribution in [1.82, 2.24) is 15.2 Å². The zero-order valence-electron chi connectivity index (χ0n) is 15.2. The average molecular weight is 445 g/mol. The first-order valence-electron chi connectivity index (χ1n) is 8.31. The molecular formula is C19H17BrN4O4. The average Bonchev–Trinajstić information content (AvgIpc) is 3.29. The number of furan rings is 1. The predicted octanol–water partition coefficient (Wildman–Crippen LogP) is 3.22. The number of hydrogen-bond acceptors (Lipinski definition) is 6. The second-order valence-corrected chi connectivity index (χ2v) is 6.66. The second-order valence-electron chi connectivity index (χ2n) is 5.87. The van der Waals surface area contributed by atoms with E-state index in [2.05, 4.69) is 31.6 Å². The summed E-state index contributed by atoms with van der Waals surface area (Å²) in [4.78, 5) is 23.8. The molecule has 1 amide bonds. The molecule has 28 heavy (non-hydrogen) atoms. The van der Waals surface area contributed by atoms with Gasteiger partial charge in [0.15, 0.2) is 0 Å². The lowest BCUT2D eigenvalue weighted by Crippen LogP contribution is -2.24. The number of halogens is 1. The first-order chi connectivity index (χ1) is 13.4. The Balaban J connectivity index is 1.52. The van der Waals surface area contributed by atoms with Gasteiger partial charge in [-0.05, 0) is 71.7 Å². The molecule has 0 atom stereocenters. The summed E-state index contributed by atoms with van der Waals surface area (Å²) in [5, 5.41) is 8.20. The lowest BCUT2D eigenvalue weighted by atomic mass is 10.2. The van der Waals surface area contributed by atoms with Crippen molar-refractivity contribution in [2.24, 2.45) is 5.10 Å². The number of aromatic nitrogens is 2. The van der Waals surface area contributed by atoms with Crippen LogP contribution in [0.2, 0.25) is 0 Å². The molecule has 0 saturated carbocycles. The molecule has 8 nitrogen and oxygen atoms in total. The minimum absolute atomic E-state index is 0.0667. The largest absolute Gasteiger partial charge is 0.457 e. The Hall–Kier alpha value is -3.20. The van der Waals surface area contributed by atoms with E-state index in [4.69, 9.17) is 9.15 Å². The van der Waals surface area contributed by atoms with E-state index in [0.717, 1.165) is 21.4 Å². The summed E-state index contributed by atoms with van der Waals surface area (Å²) in [7, 11) is 0. The highest BCUT2D eigenvalue weighted by atomic mass is 79.9. The number of nitrogens with one attached hydrogen (secondary N) is 1. The van der Waals surface area contributed by atoms with Gasteiger partial charge in [-0.3, -0.25) is 9.48 Å². The summed E-state index contributed by atoms with van der Waals surface area (Å²) in [5.74, 6) is -0.367. The van der Waals surface area contributed by atoms with Crippen LogP contribution < -0.4 is 10.2 Å². The number of hydrogen-bond donors (Lipinski definition) is 1. The van der Waals surface area contributed by atoms with Crippen LogP contribution in [0, 0.1) is 13.8 Å². The van der Waals surface area contributed by atoms with Gasteiger partial charge in [-0.15, -0.1) is 0 Å². The van der Waals surface area contributed by atoms with E-state index < -0.39 is 5.97 Å². The van der Waals surface area contributed by atoms with Gasteiger partial charge in [-0.2, -0.15) is 10.2 Å². The first-order valence-corrected chi connectivity index (χ1v) is 9.10. The smallest absolute Gasteiger partial charge is 0.379 e. The lowest BCUT2D eigenvalue weighted by Gasteiger charge is -2.03. The van der Waals surface area contributed by atoms with Gasteiger partial charge in [-0.25, -0.2) is 10.2 Å². The van der Waals surface area contributed by atoms with Crippen LogP contribution in [-0.2, 0) is 11.3 Å². The number of rotatable bonds is 6. The van der Waals surface area contributed by atoms with Crippen molar-refractivity contribution < 1.29 is 18.7 Å². The maximum absolute atomic E-state index is 12.0. The number of nitrogens with zero attached hydrogens (tertiary/aromatic N) is 3. The summed E-state index contributed by atoms with van der Waals surface area (Å²) in [6.45, 7) is 3.80. The van der Waals surface area contributed by atoms with Crippen molar-refractivity contribution in [3.8, 4) is 5.75 Å². The number of ether oxygens (including phenoxy) is 1. The van der Waals surface area contributed by atoms with Gasteiger partial charge in [0.2, 0.25) is 5.76 Å². The lowest BCUT2D eigenvalue weighted by molar-refractivity contribution is -0.121. The molecule has 0 bridgehead atoms. The van der Waals surface area contributed by atoms with Gasteiger partial charge in [0.1, 0.15) is 12.3 Å². The summed E-state index contributed by atoms with van der Waals surface area (Å²) in [6, 6.07) is 9.79. The molecule has 0 fully saturated rings. The molecule has 0 aliphatic carbocycles. The number of benzene rings is 1. The maximum Gasteiger partial charge on any atom is 0.379 e. The molecule has 0 saturated heterocycles. The Morgan fingerprint density at radius 3 is 2.64 bits per heavy atom. The molecule has 0 spiro atoms. The fourth-order valence-corrected chi connectivity index (χ4v) is 2.64. The molecule has 9 heteroatoms. The van der Waals surface area contributed by atoms with Crippen molar-refractivity contribution >= 4 is 34.0 Å². The monoisotopic (exact) mass is 444 g/mol. The van der Waals surface area contributed by atoms with Crippen LogP contribution in [-0.4, -0.2) is 27.9 Å². The fourth-order valence-electron chi connectivity index (χ4n) is 2.35. The van der Waals surface area contributed by atoms with Crippen molar-refractivity contribution in [3.63, 3.8) is 0 Å². The molecule has 0 radical (unpaired) electrons. The van der Waals surface area contributed by atoms with E-state index in [1.165, 1.54) is 18.5 Å². The maximum atomic E-state index is 12.0. The van der Waals surface area contributed by atoms with E-state index in [1.807, 2.05) is 13.8 Å².